The van der Waals surface area contributed by atoms with Crippen molar-refractivity contribution in [3.63, 3.8) is 0 Å². The first-order chi connectivity index (χ1) is 9.88. The summed E-state index contributed by atoms with van der Waals surface area (Å²) in [5.41, 5.74) is 1.39. The van der Waals surface area contributed by atoms with E-state index >= 15 is 0 Å². The molecule has 1 aromatic rings. The highest BCUT2D eigenvalue weighted by Gasteiger charge is 2.16. The number of esters is 1. The molecule has 116 valence electrons. The number of aryl methyl sites for hydroxylation is 1. The molecule has 0 aromatic heterocycles. The van der Waals surface area contributed by atoms with E-state index in [0.717, 1.165) is 5.56 Å². The molecule has 7 heteroatoms. The predicted octanol–water partition coefficient (Wildman–Crippen LogP) is 2.89. The third-order valence-electron chi connectivity index (χ3n) is 2.75. The average molecular weight is 332 g/mol. The Morgan fingerprint density at radius 1 is 1.38 bits per heavy atom. The van der Waals surface area contributed by atoms with Crippen LogP contribution in [0.5, 0.6) is 5.75 Å². The summed E-state index contributed by atoms with van der Waals surface area (Å²) in [7, 11) is 2.82. The van der Waals surface area contributed by atoms with Crippen molar-refractivity contribution in [1.29, 1.82) is 0 Å². The topological polar surface area (TPSA) is 64.6 Å². The van der Waals surface area contributed by atoms with Crippen molar-refractivity contribution in [1.82, 2.24) is 0 Å². The molecule has 1 N–H and O–H groups in total. The summed E-state index contributed by atoms with van der Waals surface area (Å²) in [6.45, 7) is 3.53. The van der Waals surface area contributed by atoms with Crippen LogP contribution >= 0.6 is 23.4 Å². The Labute approximate surface area is 133 Å². The maximum Gasteiger partial charge on any atom is 0.318 e. The summed E-state index contributed by atoms with van der Waals surface area (Å²) in [5, 5.41) is 2.92. The Hall–Kier alpha value is -1.40. The maximum absolute atomic E-state index is 11.9. The standard InChI is InChI=1S/C14H18ClNO4S/c1-8-5-11(12(19-3)6-10(8)15)16-13(17)7-21-9(2)14(18)20-4/h5-6,9H,7H2,1-4H3,(H,16,17). The van der Waals surface area contributed by atoms with Crippen molar-refractivity contribution in [2.75, 3.05) is 25.3 Å². The first kappa shape index (κ1) is 17.7. The molecule has 5 nitrogen and oxygen atoms in total. The van der Waals surface area contributed by atoms with Gasteiger partial charge in [0.1, 0.15) is 11.0 Å². The Morgan fingerprint density at radius 3 is 2.62 bits per heavy atom. The van der Waals surface area contributed by atoms with Gasteiger partial charge in [-0.1, -0.05) is 11.6 Å². The number of halogens is 1. The van der Waals surface area contributed by atoms with Gasteiger partial charge < -0.3 is 14.8 Å². The number of carbonyl (C=O) groups is 2. The number of nitrogens with one attached hydrogen (secondary N) is 1. The average Bonchev–Trinajstić information content (AvgIpc) is 2.47. The van der Waals surface area contributed by atoms with Crippen LogP contribution in [0.4, 0.5) is 5.69 Å². The number of rotatable bonds is 6. The molecular weight excluding hydrogens is 314 g/mol. The Balaban J connectivity index is 2.67. The molecule has 0 saturated heterocycles. The van der Waals surface area contributed by atoms with Gasteiger partial charge in [0.05, 0.1) is 25.7 Å². The first-order valence-electron chi connectivity index (χ1n) is 6.22. The minimum atomic E-state index is -0.394. The number of carbonyl (C=O) groups excluding carboxylic acids is 2. The number of anilines is 1. The molecule has 0 heterocycles. The number of hydrogen-bond donors (Lipinski definition) is 1. The normalized spacial score (nSPS) is 11.7. The summed E-state index contributed by atoms with van der Waals surface area (Å²) in [4.78, 5) is 23.2. The van der Waals surface area contributed by atoms with Crippen LogP contribution in [0.15, 0.2) is 12.1 Å². The molecule has 1 unspecified atom stereocenters. The number of amides is 1. The molecule has 21 heavy (non-hydrogen) atoms. The van der Waals surface area contributed by atoms with Crippen molar-refractivity contribution < 1.29 is 19.1 Å². The zero-order valence-electron chi connectivity index (χ0n) is 12.4. The largest absolute Gasteiger partial charge is 0.495 e. The van der Waals surface area contributed by atoms with E-state index in [1.807, 2.05) is 6.92 Å². The third-order valence-corrected chi connectivity index (χ3v) is 4.28. The van der Waals surface area contributed by atoms with E-state index in [0.29, 0.717) is 16.5 Å². The molecule has 1 aromatic carbocycles. The smallest absolute Gasteiger partial charge is 0.318 e. The fourth-order valence-corrected chi connectivity index (χ4v) is 2.41. The highest BCUT2D eigenvalue weighted by atomic mass is 35.5. The van der Waals surface area contributed by atoms with Crippen LogP contribution in [0.25, 0.3) is 0 Å². The molecule has 0 radical (unpaired) electrons. The van der Waals surface area contributed by atoms with Crippen molar-refractivity contribution >= 4 is 40.9 Å². The zero-order chi connectivity index (χ0) is 16.0. The molecule has 1 rings (SSSR count). The molecule has 1 atom stereocenters. The van der Waals surface area contributed by atoms with Gasteiger partial charge in [-0.3, -0.25) is 9.59 Å². The number of hydrogen-bond acceptors (Lipinski definition) is 5. The van der Waals surface area contributed by atoms with E-state index in [9.17, 15) is 9.59 Å². The second kappa shape index (κ2) is 8.14. The van der Waals surface area contributed by atoms with Crippen molar-refractivity contribution in [3.05, 3.63) is 22.7 Å². The first-order valence-corrected chi connectivity index (χ1v) is 7.65. The molecule has 0 aliphatic rings. The Bertz CT molecular complexity index is 536. The molecule has 0 fully saturated rings. The summed E-state index contributed by atoms with van der Waals surface area (Å²) in [6, 6.07) is 3.39. The lowest BCUT2D eigenvalue weighted by Crippen LogP contribution is -2.20. The lowest BCUT2D eigenvalue weighted by molar-refractivity contribution is -0.139. The Morgan fingerprint density at radius 2 is 2.05 bits per heavy atom. The Kier molecular flexibility index (Phi) is 6.84. The summed E-state index contributed by atoms with van der Waals surface area (Å²) in [6.07, 6.45) is 0. The van der Waals surface area contributed by atoms with Crippen LogP contribution in [0.3, 0.4) is 0 Å². The van der Waals surface area contributed by atoms with E-state index in [1.54, 1.807) is 19.1 Å². The molecule has 1 amide bonds. The fourth-order valence-electron chi connectivity index (χ4n) is 1.55. The summed E-state index contributed by atoms with van der Waals surface area (Å²) < 4.78 is 9.79. The molecular formula is C14H18ClNO4S. The van der Waals surface area contributed by atoms with Crippen LogP contribution in [0, 0.1) is 6.92 Å². The molecule has 0 bridgehead atoms. The van der Waals surface area contributed by atoms with Gasteiger partial charge in [-0.05, 0) is 25.5 Å². The zero-order valence-corrected chi connectivity index (χ0v) is 13.9. The van der Waals surface area contributed by atoms with Crippen molar-refractivity contribution in [2.45, 2.75) is 19.1 Å². The second-order valence-electron chi connectivity index (χ2n) is 4.33. The number of ether oxygens (including phenoxy) is 2. The van der Waals surface area contributed by atoms with Gasteiger partial charge in [0.2, 0.25) is 5.91 Å². The molecule has 0 spiro atoms. The fraction of sp³-hybridized carbons (Fsp3) is 0.429. The monoisotopic (exact) mass is 331 g/mol. The van der Waals surface area contributed by atoms with Crippen LogP contribution in [0.1, 0.15) is 12.5 Å². The molecule has 0 aliphatic carbocycles. The van der Waals surface area contributed by atoms with E-state index in [2.05, 4.69) is 10.1 Å². The highest BCUT2D eigenvalue weighted by Crippen LogP contribution is 2.31. The van der Waals surface area contributed by atoms with Crippen LogP contribution in [-0.4, -0.2) is 37.1 Å². The SMILES string of the molecule is COC(=O)C(C)SCC(=O)Nc1cc(C)c(Cl)cc1OC. The second-order valence-corrected chi connectivity index (χ2v) is 6.06. The maximum atomic E-state index is 11.9. The molecule has 0 saturated carbocycles. The van der Waals surface area contributed by atoms with Gasteiger partial charge >= 0.3 is 5.97 Å². The quantitative estimate of drug-likeness (QED) is 0.812. The summed E-state index contributed by atoms with van der Waals surface area (Å²) in [5.74, 6) is 0.0506. The van der Waals surface area contributed by atoms with Crippen molar-refractivity contribution in [3.8, 4) is 5.75 Å². The van der Waals surface area contributed by atoms with E-state index in [4.69, 9.17) is 16.3 Å². The van der Waals surface area contributed by atoms with Crippen LogP contribution in [-0.2, 0) is 14.3 Å². The number of benzene rings is 1. The third kappa shape index (κ3) is 5.13. The van der Waals surface area contributed by atoms with Gasteiger partial charge in [0.15, 0.2) is 0 Å². The van der Waals surface area contributed by atoms with Crippen LogP contribution < -0.4 is 10.1 Å². The lowest BCUT2D eigenvalue weighted by Gasteiger charge is -2.13. The number of thioether (sulfide) groups is 1. The van der Waals surface area contributed by atoms with Gasteiger partial charge in [0.25, 0.3) is 0 Å². The van der Waals surface area contributed by atoms with Gasteiger partial charge in [-0.25, -0.2) is 0 Å². The lowest BCUT2D eigenvalue weighted by atomic mass is 10.2. The van der Waals surface area contributed by atoms with E-state index in [1.165, 1.54) is 26.0 Å². The van der Waals surface area contributed by atoms with Gasteiger partial charge in [-0.15, -0.1) is 11.8 Å². The number of methoxy groups -OCH3 is 2. The molecule has 0 aliphatic heterocycles. The van der Waals surface area contributed by atoms with E-state index in [-0.39, 0.29) is 17.6 Å². The minimum absolute atomic E-state index is 0.140. The van der Waals surface area contributed by atoms with Gasteiger partial charge in [-0.2, -0.15) is 0 Å². The highest BCUT2D eigenvalue weighted by molar-refractivity contribution is 8.01. The minimum Gasteiger partial charge on any atom is -0.495 e. The van der Waals surface area contributed by atoms with Crippen LogP contribution in [0.2, 0.25) is 5.02 Å². The van der Waals surface area contributed by atoms with Gasteiger partial charge in [0, 0.05) is 11.1 Å². The predicted molar refractivity (Wildman–Crippen MR) is 85.3 cm³/mol. The van der Waals surface area contributed by atoms with E-state index < -0.39 is 5.25 Å². The van der Waals surface area contributed by atoms with Crippen molar-refractivity contribution in [2.24, 2.45) is 0 Å². The summed E-state index contributed by atoms with van der Waals surface area (Å²) >= 11 is 7.21.